The van der Waals surface area contributed by atoms with E-state index < -0.39 is 35.6 Å². The number of hydrogen-bond donors (Lipinski definition) is 1. The topological polar surface area (TPSA) is 90.4 Å². The van der Waals surface area contributed by atoms with Gasteiger partial charge in [-0.3, -0.25) is 14.4 Å². The van der Waals surface area contributed by atoms with Crippen molar-refractivity contribution in [1.82, 2.24) is 14.7 Å². The normalized spacial score (nSPS) is 31.1. The summed E-state index contributed by atoms with van der Waals surface area (Å²) in [4.78, 5) is 48.2. The lowest BCUT2D eigenvalue weighted by atomic mass is 9.77. The van der Waals surface area contributed by atoms with E-state index in [4.69, 9.17) is 4.74 Å². The highest BCUT2D eigenvalue weighted by atomic mass is 16.5. The van der Waals surface area contributed by atoms with Crippen LogP contribution in [0.15, 0.2) is 54.6 Å². The molecule has 8 heteroatoms. The van der Waals surface area contributed by atoms with Gasteiger partial charge in [0.2, 0.25) is 17.7 Å². The monoisotopic (exact) mass is 549 g/mol. The van der Waals surface area contributed by atoms with Gasteiger partial charge in [0.1, 0.15) is 11.6 Å². The smallest absolute Gasteiger partial charge is 0.249 e. The van der Waals surface area contributed by atoms with Crippen molar-refractivity contribution in [3.05, 3.63) is 60.2 Å². The number of unbranched alkanes of at least 4 members (excludes halogenated alkanes) is 2. The first-order chi connectivity index (χ1) is 19.4. The zero-order valence-electron chi connectivity index (χ0n) is 23.9. The summed E-state index contributed by atoms with van der Waals surface area (Å²) < 4.78 is 6.75. The van der Waals surface area contributed by atoms with Crippen LogP contribution in [0, 0.1) is 17.8 Å². The van der Waals surface area contributed by atoms with Gasteiger partial charge < -0.3 is 24.5 Å². The van der Waals surface area contributed by atoms with Crippen molar-refractivity contribution < 1.29 is 24.2 Å². The van der Waals surface area contributed by atoms with Gasteiger partial charge in [-0.2, -0.15) is 0 Å². The molecule has 0 aliphatic carbocycles. The van der Waals surface area contributed by atoms with Crippen LogP contribution in [-0.4, -0.2) is 87.6 Å². The van der Waals surface area contributed by atoms with Crippen molar-refractivity contribution in [2.45, 2.75) is 76.8 Å². The number of amides is 3. The molecule has 1 aromatic carbocycles. The second-order valence-corrected chi connectivity index (χ2v) is 11.7. The highest BCUT2D eigenvalue weighted by Gasteiger charge is 2.72. The molecule has 2 saturated heterocycles. The van der Waals surface area contributed by atoms with Crippen LogP contribution in [0.25, 0.3) is 0 Å². The first kappa shape index (κ1) is 28.6. The number of benzene rings is 1. The predicted molar refractivity (Wildman–Crippen MR) is 152 cm³/mol. The second-order valence-electron chi connectivity index (χ2n) is 11.7. The van der Waals surface area contributed by atoms with Crippen LogP contribution in [0.1, 0.15) is 52.0 Å². The Balaban J connectivity index is 1.55. The molecule has 216 valence electrons. The largest absolute Gasteiger partial charge is 0.394 e. The number of ether oxygens (including phenoxy) is 1. The Morgan fingerprint density at radius 3 is 2.45 bits per heavy atom. The van der Waals surface area contributed by atoms with E-state index in [1.54, 1.807) is 9.80 Å². The summed E-state index contributed by atoms with van der Waals surface area (Å²) in [6.45, 7) is 7.78. The fourth-order valence-corrected chi connectivity index (χ4v) is 7.05. The molecule has 0 bridgehead atoms. The van der Waals surface area contributed by atoms with E-state index in [1.807, 2.05) is 73.4 Å². The number of fused-ring (bicyclic) bond motifs is 2. The van der Waals surface area contributed by atoms with Crippen molar-refractivity contribution in [3.63, 3.8) is 0 Å². The van der Waals surface area contributed by atoms with Crippen molar-refractivity contribution in [2.75, 3.05) is 26.2 Å². The van der Waals surface area contributed by atoms with E-state index in [0.29, 0.717) is 26.2 Å². The third kappa shape index (κ3) is 4.79. The van der Waals surface area contributed by atoms with Crippen LogP contribution < -0.4 is 0 Å². The van der Waals surface area contributed by atoms with Gasteiger partial charge in [0.15, 0.2) is 0 Å². The molecule has 8 nitrogen and oxygen atoms in total. The molecule has 0 radical (unpaired) electrons. The van der Waals surface area contributed by atoms with Gasteiger partial charge >= 0.3 is 0 Å². The maximum absolute atomic E-state index is 14.5. The molecule has 1 aromatic rings. The number of aliphatic hydroxyl groups is 1. The average Bonchev–Trinajstić information content (AvgIpc) is 3.29. The summed E-state index contributed by atoms with van der Waals surface area (Å²) in [5.41, 5.74) is -0.252. The Bertz CT molecular complexity index is 1150. The van der Waals surface area contributed by atoms with Crippen molar-refractivity contribution in [3.8, 4) is 0 Å². The number of hydrogen-bond acceptors (Lipinski definition) is 5. The highest BCUT2D eigenvalue weighted by Crippen LogP contribution is 2.54. The molecule has 2 fully saturated rings. The molecule has 1 spiro atoms. The van der Waals surface area contributed by atoms with Crippen LogP contribution in [0.5, 0.6) is 0 Å². The molecular weight excluding hydrogens is 506 g/mol. The SMILES string of the molecule is CCCCCN1CC=C[C@]23O[C@@H]4C=CCN(Cc5ccccc5)C(=O)[C@@H]4[C@H]2C(=O)N([C@@H](CO)[C@@H](C)CC)C3C1=O. The molecule has 4 aliphatic heterocycles. The summed E-state index contributed by atoms with van der Waals surface area (Å²) >= 11 is 0. The zero-order chi connectivity index (χ0) is 28.4. The molecule has 0 saturated carbocycles. The minimum Gasteiger partial charge on any atom is -0.394 e. The summed E-state index contributed by atoms with van der Waals surface area (Å²) in [6.07, 6.45) is 10.7. The number of aliphatic hydroxyl groups excluding tert-OH is 1. The fourth-order valence-electron chi connectivity index (χ4n) is 7.05. The maximum atomic E-state index is 14.5. The van der Waals surface area contributed by atoms with Crippen LogP contribution in [0.3, 0.4) is 0 Å². The standard InChI is InChI=1S/C32H43N3O5/c1-4-6-10-17-33-19-12-16-32-27(30(38)35(28(32)31(33)39)24(21-36)22(3)5-2)26-25(40-32)15-11-18-34(29(26)37)20-23-13-8-7-9-14-23/h7-9,11-16,22,24-28,36H,4-6,10,17-21H2,1-3H3/t22-,24-,25+,26-,27-,28?,32-/m0/s1. The molecular formula is C32H43N3O5. The molecule has 1 N–H and O–H groups in total. The van der Waals surface area contributed by atoms with Gasteiger partial charge in [0.05, 0.1) is 30.6 Å². The van der Waals surface area contributed by atoms with Gasteiger partial charge in [-0.05, 0) is 17.9 Å². The van der Waals surface area contributed by atoms with Gasteiger partial charge in [0, 0.05) is 26.2 Å². The summed E-state index contributed by atoms with van der Waals surface area (Å²) in [6, 6.07) is 8.35. The van der Waals surface area contributed by atoms with Crippen LogP contribution >= 0.6 is 0 Å². The fraction of sp³-hybridized carbons (Fsp3) is 0.594. The second kappa shape index (κ2) is 11.9. The summed E-state index contributed by atoms with van der Waals surface area (Å²) in [5.74, 6) is -2.19. The lowest BCUT2D eigenvalue weighted by molar-refractivity contribution is -0.152. The number of carbonyl (C=O) groups excluding carboxylic acids is 3. The summed E-state index contributed by atoms with van der Waals surface area (Å²) in [7, 11) is 0. The van der Waals surface area contributed by atoms with Crippen molar-refractivity contribution in [2.24, 2.45) is 17.8 Å². The number of nitrogens with zero attached hydrogens (tertiary/aromatic N) is 3. The Hall–Kier alpha value is -2.97. The van der Waals surface area contributed by atoms with Crippen LogP contribution in [0.2, 0.25) is 0 Å². The maximum Gasteiger partial charge on any atom is 0.249 e. The lowest BCUT2D eigenvalue weighted by Crippen LogP contribution is -2.59. The third-order valence-corrected chi connectivity index (χ3v) is 9.36. The van der Waals surface area contributed by atoms with Gasteiger partial charge in [0.25, 0.3) is 0 Å². The quantitative estimate of drug-likeness (QED) is 0.358. The minimum atomic E-state index is -1.26. The van der Waals surface area contributed by atoms with Crippen LogP contribution in [0.4, 0.5) is 0 Å². The Morgan fingerprint density at radius 1 is 1.00 bits per heavy atom. The van der Waals surface area contributed by atoms with Crippen molar-refractivity contribution >= 4 is 17.7 Å². The highest BCUT2D eigenvalue weighted by molar-refractivity contribution is 6.00. The van der Waals surface area contributed by atoms with E-state index in [0.717, 1.165) is 31.2 Å². The molecule has 40 heavy (non-hydrogen) atoms. The number of rotatable bonds is 10. The van der Waals surface area contributed by atoms with Gasteiger partial charge in [-0.1, -0.05) is 94.7 Å². The van der Waals surface area contributed by atoms with Crippen LogP contribution in [-0.2, 0) is 25.7 Å². The number of carbonyl (C=O) groups is 3. The molecule has 0 aromatic heterocycles. The van der Waals surface area contributed by atoms with E-state index in [9.17, 15) is 19.5 Å². The van der Waals surface area contributed by atoms with Gasteiger partial charge in [-0.15, -0.1) is 0 Å². The Morgan fingerprint density at radius 2 is 1.75 bits per heavy atom. The van der Waals surface area contributed by atoms with E-state index in [1.165, 1.54) is 0 Å². The predicted octanol–water partition coefficient (Wildman–Crippen LogP) is 3.16. The molecule has 1 unspecified atom stereocenters. The van der Waals surface area contributed by atoms with Crippen molar-refractivity contribution in [1.29, 1.82) is 0 Å². The lowest BCUT2D eigenvalue weighted by Gasteiger charge is -2.40. The first-order valence-corrected chi connectivity index (χ1v) is 14.9. The zero-order valence-corrected chi connectivity index (χ0v) is 23.9. The molecule has 5 rings (SSSR count). The molecule has 4 heterocycles. The average molecular weight is 550 g/mol. The van der Waals surface area contributed by atoms with E-state index >= 15 is 0 Å². The Kier molecular flexibility index (Phi) is 8.47. The summed E-state index contributed by atoms with van der Waals surface area (Å²) in [5, 5.41) is 10.5. The first-order valence-electron chi connectivity index (χ1n) is 14.9. The molecule has 3 amide bonds. The molecule has 7 atom stereocenters. The number of likely N-dealkylation sites (tertiary alicyclic amines) is 1. The minimum absolute atomic E-state index is 0.0338. The molecule has 4 aliphatic rings. The third-order valence-electron chi connectivity index (χ3n) is 9.36. The Labute approximate surface area is 237 Å². The van der Waals surface area contributed by atoms with E-state index in [2.05, 4.69) is 6.92 Å². The van der Waals surface area contributed by atoms with E-state index in [-0.39, 0.29) is 30.2 Å². The van der Waals surface area contributed by atoms with Gasteiger partial charge in [-0.25, -0.2) is 0 Å².